The molecule has 28 heavy (non-hydrogen) atoms. The Morgan fingerprint density at radius 1 is 0.964 bits per heavy atom. The number of para-hydroxylation sites is 1. The van der Waals surface area contributed by atoms with Crippen molar-refractivity contribution in [3.63, 3.8) is 0 Å². The van der Waals surface area contributed by atoms with E-state index in [0.29, 0.717) is 18.1 Å². The van der Waals surface area contributed by atoms with Crippen LogP contribution >= 0.6 is 22.7 Å². The molecule has 5 rings (SSSR count). The number of carbonyl (C=O) groups excluding carboxylic acids is 1. The molecule has 0 bridgehead atoms. The molecule has 7 heteroatoms. The van der Waals surface area contributed by atoms with Gasteiger partial charge in [0.1, 0.15) is 0 Å². The van der Waals surface area contributed by atoms with Gasteiger partial charge in [-0.2, -0.15) is 0 Å². The van der Waals surface area contributed by atoms with Crippen LogP contribution in [0.4, 0.5) is 5.13 Å². The van der Waals surface area contributed by atoms with Gasteiger partial charge < -0.3 is 9.80 Å². The van der Waals surface area contributed by atoms with E-state index in [1.165, 1.54) is 27.2 Å². The van der Waals surface area contributed by atoms with Crippen molar-refractivity contribution in [2.45, 2.75) is 13.8 Å². The summed E-state index contributed by atoms with van der Waals surface area (Å²) in [5.41, 5.74) is 4.49. The molecule has 4 aromatic rings. The first-order chi connectivity index (χ1) is 13.6. The van der Waals surface area contributed by atoms with Crippen molar-refractivity contribution < 1.29 is 4.79 Å². The van der Waals surface area contributed by atoms with Gasteiger partial charge in [-0.3, -0.25) is 4.79 Å². The Morgan fingerprint density at radius 3 is 2.54 bits per heavy atom. The number of rotatable bonds is 2. The number of fused-ring (bicyclic) bond motifs is 2. The molecule has 142 valence electrons. The minimum atomic E-state index is 0.0385. The van der Waals surface area contributed by atoms with Gasteiger partial charge in [0.05, 0.1) is 20.4 Å². The number of amides is 1. The Bertz CT molecular complexity index is 1150. The summed E-state index contributed by atoms with van der Waals surface area (Å²) in [6.45, 7) is 7.24. The number of hydrogen-bond acceptors (Lipinski definition) is 6. The number of aromatic nitrogens is 2. The summed E-state index contributed by atoms with van der Waals surface area (Å²) in [5, 5.41) is 1.64. The van der Waals surface area contributed by atoms with E-state index < -0.39 is 0 Å². The molecule has 3 heterocycles. The van der Waals surface area contributed by atoms with E-state index >= 15 is 0 Å². The standard InChI is InChI=1S/C21H20N4OS2/c1-13-11-14(2)18-17(12-13)28-21(23-18)25-9-7-24(8-10-25)20(26)19-22-15-5-3-4-6-16(15)27-19/h3-6,11-12H,7-10H2,1-2H3. The van der Waals surface area contributed by atoms with E-state index in [1.807, 2.05) is 29.2 Å². The van der Waals surface area contributed by atoms with Crippen LogP contribution in [0.15, 0.2) is 36.4 Å². The summed E-state index contributed by atoms with van der Waals surface area (Å²) >= 11 is 3.22. The number of anilines is 1. The summed E-state index contributed by atoms with van der Waals surface area (Å²) in [4.78, 5) is 26.5. The minimum absolute atomic E-state index is 0.0385. The van der Waals surface area contributed by atoms with Crippen LogP contribution in [-0.4, -0.2) is 47.0 Å². The number of aryl methyl sites for hydroxylation is 2. The van der Waals surface area contributed by atoms with E-state index in [9.17, 15) is 4.79 Å². The van der Waals surface area contributed by atoms with Gasteiger partial charge in [0.2, 0.25) is 0 Å². The molecule has 2 aromatic carbocycles. The highest BCUT2D eigenvalue weighted by Crippen LogP contribution is 2.32. The highest BCUT2D eigenvalue weighted by Gasteiger charge is 2.26. The first-order valence-corrected chi connectivity index (χ1v) is 11.0. The highest BCUT2D eigenvalue weighted by atomic mass is 32.1. The molecule has 5 nitrogen and oxygen atoms in total. The van der Waals surface area contributed by atoms with Crippen LogP contribution in [0.25, 0.3) is 20.4 Å². The molecule has 1 fully saturated rings. The summed E-state index contributed by atoms with van der Waals surface area (Å²) in [6.07, 6.45) is 0. The first-order valence-electron chi connectivity index (χ1n) is 9.36. The average molecular weight is 409 g/mol. The molecule has 0 N–H and O–H groups in total. The smallest absolute Gasteiger partial charge is 0.282 e. The van der Waals surface area contributed by atoms with Gasteiger partial charge in [0.25, 0.3) is 5.91 Å². The minimum Gasteiger partial charge on any atom is -0.345 e. The maximum atomic E-state index is 12.9. The first kappa shape index (κ1) is 17.6. The molecule has 0 atom stereocenters. The van der Waals surface area contributed by atoms with Crippen molar-refractivity contribution in [1.82, 2.24) is 14.9 Å². The van der Waals surface area contributed by atoms with Gasteiger partial charge in [-0.25, -0.2) is 9.97 Å². The molecule has 0 saturated carbocycles. The second-order valence-corrected chi connectivity index (χ2v) is 9.23. The van der Waals surface area contributed by atoms with E-state index in [-0.39, 0.29) is 5.91 Å². The molecular weight excluding hydrogens is 388 g/mol. The lowest BCUT2D eigenvalue weighted by atomic mass is 10.1. The lowest BCUT2D eigenvalue weighted by Gasteiger charge is -2.34. The van der Waals surface area contributed by atoms with Crippen LogP contribution in [0.5, 0.6) is 0 Å². The number of thiazole rings is 2. The van der Waals surface area contributed by atoms with Gasteiger partial charge in [0.15, 0.2) is 10.1 Å². The monoisotopic (exact) mass is 408 g/mol. The third-order valence-electron chi connectivity index (χ3n) is 5.13. The van der Waals surface area contributed by atoms with Crippen LogP contribution < -0.4 is 4.90 Å². The lowest BCUT2D eigenvalue weighted by Crippen LogP contribution is -2.48. The fourth-order valence-electron chi connectivity index (χ4n) is 3.69. The number of piperazine rings is 1. The van der Waals surface area contributed by atoms with E-state index in [4.69, 9.17) is 4.98 Å². The molecule has 0 unspecified atom stereocenters. The van der Waals surface area contributed by atoms with E-state index in [2.05, 4.69) is 35.9 Å². The second kappa shape index (κ2) is 6.83. The van der Waals surface area contributed by atoms with Gasteiger partial charge in [-0.15, -0.1) is 11.3 Å². The number of nitrogens with zero attached hydrogens (tertiary/aromatic N) is 4. The summed E-state index contributed by atoms with van der Waals surface area (Å²) in [5.74, 6) is 0.0385. The van der Waals surface area contributed by atoms with Crippen LogP contribution in [0.1, 0.15) is 20.9 Å². The fraction of sp³-hybridized carbons (Fsp3) is 0.286. The molecule has 1 saturated heterocycles. The number of hydrogen-bond donors (Lipinski definition) is 0. The average Bonchev–Trinajstić information content (AvgIpc) is 3.32. The van der Waals surface area contributed by atoms with Gasteiger partial charge in [-0.05, 0) is 43.2 Å². The maximum Gasteiger partial charge on any atom is 0.282 e. The molecule has 0 aliphatic carbocycles. The van der Waals surface area contributed by atoms with Crippen LogP contribution in [0.3, 0.4) is 0 Å². The van der Waals surface area contributed by atoms with Gasteiger partial charge in [0, 0.05) is 26.2 Å². The summed E-state index contributed by atoms with van der Waals surface area (Å²) < 4.78 is 2.30. The Labute approximate surface area is 171 Å². The number of benzene rings is 2. The molecule has 2 aromatic heterocycles. The fourth-order valence-corrected chi connectivity index (χ4v) is 5.82. The summed E-state index contributed by atoms with van der Waals surface area (Å²) in [7, 11) is 0. The Kier molecular flexibility index (Phi) is 4.29. The van der Waals surface area contributed by atoms with Crippen molar-refractivity contribution >= 4 is 54.1 Å². The zero-order chi connectivity index (χ0) is 19.3. The highest BCUT2D eigenvalue weighted by molar-refractivity contribution is 7.22. The third kappa shape index (κ3) is 3.04. The topological polar surface area (TPSA) is 49.3 Å². The maximum absolute atomic E-state index is 12.9. The Morgan fingerprint density at radius 2 is 1.75 bits per heavy atom. The SMILES string of the molecule is Cc1cc(C)c2nc(N3CCN(C(=O)c4nc5ccccc5s4)CC3)sc2c1. The van der Waals surface area contributed by atoms with Gasteiger partial charge >= 0.3 is 0 Å². The van der Waals surface area contributed by atoms with Crippen LogP contribution in [0, 0.1) is 13.8 Å². The molecule has 1 aliphatic rings. The zero-order valence-corrected chi connectivity index (χ0v) is 17.4. The molecule has 1 aliphatic heterocycles. The third-order valence-corrected chi connectivity index (χ3v) is 7.22. The molecular formula is C21H20N4OS2. The summed E-state index contributed by atoms with van der Waals surface area (Å²) in [6, 6.07) is 12.3. The predicted molar refractivity (Wildman–Crippen MR) is 117 cm³/mol. The van der Waals surface area contributed by atoms with E-state index in [0.717, 1.165) is 34.0 Å². The quantitative estimate of drug-likeness (QED) is 0.490. The molecule has 0 radical (unpaired) electrons. The normalized spacial score (nSPS) is 14.9. The lowest BCUT2D eigenvalue weighted by molar-refractivity contribution is 0.0746. The Balaban J connectivity index is 1.32. The second-order valence-electron chi connectivity index (χ2n) is 7.19. The van der Waals surface area contributed by atoms with E-state index in [1.54, 1.807) is 11.3 Å². The van der Waals surface area contributed by atoms with Crippen LogP contribution in [0.2, 0.25) is 0 Å². The predicted octanol–water partition coefficient (Wildman–Crippen LogP) is 4.49. The van der Waals surface area contributed by atoms with Crippen molar-refractivity contribution in [2.75, 3.05) is 31.1 Å². The van der Waals surface area contributed by atoms with Crippen molar-refractivity contribution in [1.29, 1.82) is 0 Å². The van der Waals surface area contributed by atoms with Gasteiger partial charge in [-0.1, -0.05) is 29.5 Å². The molecule has 0 spiro atoms. The van der Waals surface area contributed by atoms with Crippen molar-refractivity contribution in [3.8, 4) is 0 Å². The van der Waals surface area contributed by atoms with Crippen molar-refractivity contribution in [3.05, 3.63) is 52.5 Å². The van der Waals surface area contributed by atoms with Crippen molar-refractivity contribution in [2.24, 2.45) is 0 Å². The Hall–Kier alpha value is -2.51. The molecule has 1 amide bonds. The zero-order valence-electron chi connectivity index (χ0n) is 15.8. The van der Waals surface area contributed by atoms with Crippen LogP contribution in [-0.2, 0) is 0 Å². The number of carbonyl (C=O) groups is 1. The largest absolute Gasteiger partial charge is 0.345 e.